The molecule has 0 spiro atoms. The lowest BCUT2D eigenvalue weighted by Crippen LogP contribution is -2.37. The Balaban J connectivity index is 2.23. The normalized spacial score (nSPS) is 22.1. The molecule has 1 aliphatic rings. The third-order valence-electron chi connectivity index (χ3n) is 3.79. The summed E-state index contributed by atoms with van der Waals surface area (Å²) in [5.41, 5.74) is 0. The van der Waals surface area contributed by atoms with E-state index in [0.29, 0.717) is 6.61 Å². The summed E-state index contributed by atoms with van der Waals surface area (Å²) >= 11 is 0. The highest BCUT2D eigenvalue weighted by Gasteiger charge is 2.23. The van der Waals surface area contributed by atoms with E-state index in [1.165, 1.54) is 38.9 Å². The molecule has 0 aromatic heterocycles. The molecule has 0 aliphatic carbocycles. The average molecular weight is 228 g/mol. The highest BCUT2D eigenvalue weighted by atomic mass is 16.2. The topological polar surface area (TPSA) is 26.7 Å². The molecule has 0 bridgehead atoms. The van der Waals surface area contributed by atoms with Crippen LogP contribution >= 0.6 is 0 Å². The lowest BCUT2D eigenvalue weighted by atomic mass is 10.1. The fraction of sp³-hybridized carbons (Fsp3) is 1.00. The van der Waals surface area contributed by atoms with E-state index in [-0.39, 0.29) is 0 Å². The zero-order chi connectivity index (χ0) is 11.8. The Morgan fingerprint density at radius 1 is 1.31 bits per heavy atom. The molecule has 0 radical (unpaired) electrons. The molecule has 0 saturated carbocycles. The van der Waals surface area contributed by atoms with Gasteiger partial charge in [0.2, 0.25) is 0 Å². The quantitative estimate of drug-likeness (QED) is 0.683. The minimum Gasteiger partial charge on any atom is -0.396 e. The van der Waals surface area contributed by atoms with Crippen molar-refractivity contribution < 1.29 is 5.11 Å². The van der Waals surface area contributed by atoms with Crippen molar-refractivity contribution in [3.05, 3.63) is 0 Å². The Hall–Kier alpha value is -0.120. The maximum Gasteiger partial charge on any atom is 0.0431 e. The van der Waals surface area contributed by atoms with Gasteiger partial charge < -0.3 is 10.0 Å². The summed E-state index contributed by atoms with van der Waals surface area (Å²) in [7, 11) is 0. The van der Waals surface area contributed by atoms with E-state index in [1.807, 2.05) is 0 Å². The Labute approximate surface area is 100 Å². The number of nitrogens with zero attached hydrogens (tertiary/aromatic N) is 2. The largest absolute Gasteiger partial charge is 0.396 e. The van der Waals surface area contributed by atoms with Crippen molar-refractivity contribution in [1.82, 2.24) is 9.80 Å². The number of aliphatic hydroxyl groups excluding tert-OH is 1. The number of hydrogen-bond donors (Lipinski definition) is 1. The minimum atomic E-state index is 0.348. The van der Waals surface area contributed by atoms with Crippen LogP contribution in [0.1, 0.15) is 39.5 Å². The molecular formula is C13H28N2O. The number of likely N-dealkylation sites (tertiary alicyclic amines) is 1. The molecule has 1 heterocycles. The van der Waals surface area contributed by atoms with Crippen LogP contribution in [0.25, 0.3) is 0 Å². The van der Waals surface area contributed by atoms with E-state index in [4.69, 9.17) is 5.11 Å². The first-order valence-electron chi connectivity index (χ1n) is 6.89. The zero-order valence-electron chi connectivity index (χ0n) is 11.0. The predicted molar refractivity (Wildman–Crippen MR) is 68.7 cm³/mol. The molecule has 1 saturated heterocycles. The molecule has 0 aromatic carbocycles. The zero-order valence-corrected chi connectivity index (χ0v) is 11.0. The average Bonchev–Trinajstić information content (AvgIpc) is 2.75. The summed E-state index contributed by atoms with van der Waals surface area (Å²) in [4.78, 5) is 5.11. The van der Waals surface area contributed by atoms with Crippen molar-refractivity contribution in [2.24, 2.45) is 0 Å². The van der Waals surface area contributed by atoms with Crippen molar-refractivity contribution in [3.8, 4) is 0 Å². The van der Waals surface area contributed by atoms with E-state index < -0.39 is 0 Å². The second-order valence-electron chi connectivity index (χ2n) is 4.72. The standard InChI is InChI=1S/C13H28N2O/c1-3-14(4-2)10-11-15-9-5-7-13(15)8-6-12-16/h13,16H,3-12H2,1-2H3. The maximum absolute atomic E-state index is 8.88. The van der Waals surface area contributed by atoms with Crippen molar-refractivity contribution >= 4 is 0 Å². The van der Waals surface area contributed by atoms with Gasteiger partial charge in [-0.1, -0.05) is 13.8 Å². The molecule has 96 valence electrons. The fourth-order valence-corrected chi connectivity index (χ4v) is 2.65. The summed E-state index contributed by atoms with van der Waals surface area (Å²) in [5, 5.41) is 8.88. The molecule has 16 heavy (non-hydrogen) atoms. The van der Waals surface area contributed by atoms with Crippen molar-refractivity contribution in [1.29, 1.82) is 0 Å². The summed E-state index contributed by atoms with van der Waals surface area (Å²) in [5.74, 6) is 0. The molecule has 3 nitrogen and oxygen atoms in total. The lowest BCUT2D eigenvalue weighted by Gasteiger charge is -2.27. The van der Waals surface area contributed by atoms with Gasteiger partial charge in [0, 0.05) is 25.7 Å². The molecular weight excluding hydrogens is 200 g/mol. The van der Waals surface area contributed by atoms with Crippen LogP contribution in [0.4, 0.5) is 0 Å². The first-order valence-corrected chi connectivity index (χ1v) is 6.89. The van der Waals surface area contributed by atoms with Crippen molar-refractivity contribution in [2.45, 2.75) is 45.6 Å². The molecule has 3 heteroatoms. The van der Waals surface area contributed by atoms with Crippen LogP contribution in [0.15, 0.2) is 0 Å². The molecule has 1 aliphatic heterocycles. The maximum atomic E-state index is 8.88. The Morgan fingerprint density at radius 2 is 2.06 bits per heavy atom. The Kier molecular flexibility index (Phi) is 7.01. The van der Waals surface area contributed by atoms with Gasteiger partial charge in [-0.15, -0.1) is 0 Å². The number of hydrogen-bond acceptors (Lipinski definition) is 3. The van der Waals surface area contributed by atoms with Crippen LogP contribution in [-0.4, -0.2) is 60.3 Å². The van der Waals surface area contributed by atoms with Crippen LogP contribution in [0, 0.1) is 0 Å². The summed E-state index contributed by atoms with van der Waals surface area (Å²) < 4.78 is 0. The van der Waals surface area contributed by atoms with Gasteiger partial charge in [-0.25, -0.2) is 0 Å². The number of rotatable bonds is 8. The third-order valence-corrected chi connectivity index (χ3v) is 3.79. The Bertz CT molecular complexity index is 171. The monoisotopic (exact) mass is 228 g/mol. The van der Waals surface area contributed by atoms with Gasteiger partial charge in [0.25, 0.3) is 0 Å². The van der Waals surface area contributed by atoms with Crippen LogP contribution in [-0.2, 0) is 0 Å². The van der Waals surface area contributed by atoms with E-state index in [1.54, 1.807) is 0 Å². The molecule has 1 fully saturated rings. The number of likely N-dealkylation sites (N-methyl/N-ethyl adjacent to an activating group) is 1. The van der Waals surface area contributed by atoms with Gasteiger partial charge >= 0.3 is 0 Å². The highest BCUT2D eigenvalue weighted by molar-refractivity contribution is 4.79. The molecule has 0 amide bonds. The van der Waals surface area contributed by atoms with Crippen molar-refractivity contribution in [3.63, 3.8) is 0 Å². The van der Waals surface area contributed by atoms with E-state index in [2.05, 4.69) is 23.6 Å². The molecule has 1 rings (SSSR count). The molecule has 1 N–H and O–H groups in total. The van der Waals surface area contributed by atoms with Gasteiger partial charge in [-0.3, -0.25) is 4.90 Å². The van der Waals surface area contributed by atoms with Crippen LogP contribution < -0.4 is 0 Å². The number of aliphatic hydroxyl groups is 1. The second kappa shape index (κ2) is 8.04. The summed E-state index contributed by atoms with van der Waals surface area (Å²) in [6.07, 6.45) is 4.81. The SMILES string of the molecule is CCN(CC)CCN1CCCC1CCCO. The van der Waals surface area contributed by atoms with Crippen molar-refractivity contribution in [2.75, 3.05) is 39.3 Å². The molecule has 1 atom stereocenters. The summed E-state index contributed by atoms with van der Waals surface area (Å²) in [6.45, 7) is 10.8. The van der Waals surface area contributed by atoms with Gasteiger partial charge in [0.05, 0.1) is 0 Å². The van der Waals surface area contributed by atoms with E-state index in [9.17, 15) is 0 Å². The fourth-order valence-electron chi connectivity index (χ4n) is 2.65. The smallest absolute Gasteiger partial charge is 0.0431 e. The first kappa shape index (κ1) is 13.9. The van der Waals surface area contributed by atoms with Gasteiger partial charge in [-0.2, -0.15) is 0 Å². The molecule has 1 unspecified atom stereocenters. The Morgan fingerprint density at radius 3 is 2.69 bits per heavy atom. The predicted octanol–water partition coefficient (Wildman–Crippen LogP) is 1.57. The first-order chi connectivity index (χ1) is 7.81. The lowest BCUT2D eigenvalue weighted by molar-refractivity contribution is 0.185. The van der Waals surface area contributed by atoms with Gasteiger partial charge in [-0.05, 0) is 45.3 Å². The van der Waals surface area contributed by atoms with E-state index in [0.717, 1.165) is 25.6 Å². The van der Waals surface area contributed by atoms with Crippen LogP contribution in [0.2, 0.25) is 0 Å². The summed E-state index contributed by atoms with van der Waals surface area (Å²) in [6, 6.07) is 0.739. The van der Waals surface area contributed by atoms with Gasteiger partial charge in [0.15, 0.2) is 0 Å². The minimum absolute atomic E-state index is 0.348. The van der Waals surface area contributed by atoms with Crippen LogP contribution in [0.5, 0.6) is 0 Å². The third kappa shape index (κ3) is 4.40. The molecule has 0 aromatic rings. The van der Waals surface area contributed by atoms with Crippen LogP contribution in [0.3, 0.4) is 0 Å². The highest BCUT2D eigenvalue weighted by Crippen LogP contribution is 2.20. The second-order valence-corrected chi connectivity index (χ2v) is 4.72. The van der Waals surface area contributed by atoms with E-state index >= 15 is 0 Å². The van der Waals surface area contributed by atoms with Gasteiger partial charge in [0.1, 0.15) is 0 Å².